The van der Waals surface area contributed by atoms with Crippen LogP contribution in [0.2, 0.25) is 5.02 Å². The van der Waals surface area contributed by atoms with Gasteiger partial charge in [0.2, 0.25) is 5.91 Å². The summed E-state index contributed by atoms with van der Waals surface area (Å²) >= 11 is 6.29. The molecule has 1 unspecified atom stereocenters. The summed E-state index contributed by atoms with van der Waals surface area (Å²) in [5, 5.41) is 3.34. The molecule has 33 heavy (non-hydrogen) atoms. The van der Waals surface area contributed by atoms with E-state index in [1.54, 1.807) is 49.5 Å². The van der Waals surface area contributed by atoms with Gasteiger partial charge in [0, 0.05) is 19.5 Å². The fraction of sp³-hybridized carbons (Fsp3) is 0.231. The molecule has 1 aliphatic heterocycles. The molecule has 6 nitrogen and oxygen atoms in total. The summed E-state index contributed by atoms with van der Waals surface area (Å²) in [5.74, 6) is 0.723. The number of amides is 2. The van der Waals surface area contributed by atoms with Crippen molar-refractivity contribution in [1.29, 1.82) is 0 Å². The van der Waals surface area contributed by atoms with Gasteiger partial charge in [0.05, 0.1) is 24.8 Å². The zero-order valence-electron chi connectivity index (χ0n) is 18.5. The molecule has 4 rings (SSSR count). The van der Waals surface area contributed by atoms with Gasteiger partial charge in [-0.05, 0) is 41.0 Å². The molecule has 3 aromatic rings. The van der Waals surface area contributed by atoms with E-state index in [-0.39, 0.29) is 11.8 Å². The molecule has 1 heterocycles. The number of hydrogen-bond acceptors (Lipinski definition) is 4. The van der Waals surface area contributed by atoms with Crippen molar-refractivity contribution in [3.63, 3.8) is 0 Å². The van der Waals surface area contributed by atoms with Crippen molar-refractivity contribution in [2.75, 3.05) is 14.2 Å². The summed E-state index contributed by atoms with van der Waals surface area (Å²) in [6.07, 6.45) is 0.435. The van der Waals surface area contributed by atoms with Crippen LogP contribution in [-0.2, 0) is 24.3 Å². The minimum absolute atomic E-state index is 0.223. The lowest BCUT2D eigenvalue weighted by Crippen LogP contribution is -2.52. The number of rotatable bonds is 6. The molecule has 0 aromatic heterocycles. The van der Waals surface area contributed by atoms with E-state index in [0.717, 1.165) is 16.7 Å². The number of halogens is 1. The molecule has 3 aromatic carbocycles. The minimum Gasteiger partial charge on any atom is -0.493 e. The highest BCUT2D eigenvalue weighted by molar-refractivity contribution is 6.33. The maximum absolute atomic E-state index is 13.4. The van der Waals surface area contributed by atoms with Gasteiger partial charge < -0.3 is 19.7 Å². The van der Waals surface area contributed by atoms with E-state index in [0.29, 0.717) is 41.6 Å². The summed E-state index contributed by atoms with van der Waals surface area (Å²) in [6, 6.07) is 19.6. The van der Waals surface area contributed by atoms with Crippen LogP contribution in [-0.4, -0.2) is 37.0 Å². The van der Waals surface area contributed by atoms with E-state index in [4.69, 9.17) is 21.1 Å². The van der Waals surface area contributed by atoms with Crippen LogP contribution in [0.1, 0.15) is 27.0 Å². The molecule has 7 heteroatoms. The average Bonchev–Trinajstić information content (AvgIpc) is 2.86. The van der Waals surface area contributed by atoms with Crippen LogP contribution in [0.4, 0.5) is 0 Å². The Bertz CT molecular complexity index is 1180. The molecule has 1 atom stereocenters. The largest absolute Gasteiger partial charge is 0.493 e. The van der Waals surface area contributed by atoms with Crippen LogP contribution in [0.5, 0.6) is 11.5 Å². The van der Waals surface area contributed by atoms with Crippen molar-refractivity contribution in [2.24, 2.45) is 0 Å². The number of carbonyl (C=O) groups excluding carboxylic acids is 2. The Labute approximate surface area is 198 Å². The number of hydrogen-bond donors (Lipinski definition) is 1. The topological polar surface area (TPSA) is 67.9 Å². The zero-order valence-corrected chi connectivity index (χ0v) is 19.3. The number of carbonyl (C=O) groups is 2. The predicted molar refractivity (Wildman–Crippen MR) is 127 cm³/mol. The van der Waals surface area contributed by atoms with Crippen LogP contribution in [0.25, 0.3) is 0 Å². The zero-order chi connectivity index (χ0) is 23.4. The fourth-order valence-corrected chi connectivity index (χ4v) is 4.27. The fourth-order valence-electron chi connectivity index (χ4n) is 4.06. The van der Waals surface area contributed by atoms with E-state index in [2.05, 4.69) is 5.32 Å². The Balaban J connectivity index is 1.57. The molecule has 0 saturated heterocycles. The van der Waals surface area contributed by atoms with Crippen molar-refractivity contribution in [3.8, 4) is 11.5 Å². The molecule has 0 spiro atoms. The number of benzene rings is 3. The third-order valence-corrected chi connectivity index (χ3v) is 6.16. The molecular formula is C26H25ClN2O4. The van der Waals surface area contributed by atoms with Crippen molar-refractivity contribution in [1.82, 2.24) is 10.2 Å². The maximum atomic E-state index is 13.4. The Kier molecular flexibility index (Phi) is 6.84. The van der Waals surface area contributed by atoms with Gasteiger partial charge in [-0.15, -0.1) is 0 Å². The van der Waals surface area contributed by atoms with Crippen molar-refractivity contribution < 1.29 is 19.1 Å². The average molecular weight is 465 g/mol. The van der Waals surface area contributed by atoms with Crippen molar-refractivity contribution in [2.45, 2.75) is 25.6 Å². The standard InChI is InChI=1S/C26H25ClN2O4/c1-32-23-12-11-17(13-24(23)33-2)15-28-25(30)22-14-18-7-3-4-8-19(18)16-29(22)26(31)20-9-5-6-10-21(20)27/h3-13,22H,14-16H2,1-2H3,(H,28,30). The maximum Gasteiger partial charge on any atom is 0.256 e. The Morgan fingerprint density at radius 3 is 2.39 bits per heavy atom. The first kappa shape index (κ1) is 22.7. The van der Waals surface area contributed by atoms with Gasteiger partial charge in [0.15, 0.2) is 11.5 Å². The summed E-state index contributed by atoms with van der Waals surface area (Å²) in [7, 11) is 3.14. The Hall–Kier alpha value is -3.51. The molecule has 0 bridgehead atoms. The number of nitrogens with one attached hydrogen (secondary N) is 1. The lowest BCUT2D eigenvalue weighted by Gasteiger charge is -2.36. The Morgan fingerprint density at radius 2 is 1.67 bits per heavy atom. The van der Waals surface area contributed by atoms with Crippen molar-refractivity contribution >= 4 is 23.4 Å². The van der Waals surface area contributed by atoms with E-state index >= 15 is 0 Å². The first-order chi connectivity index (χ1) is 16.0. The molecule has 0 radical (unpaired) electrons. The first-order valence-corrected chi connectivity index (χ1v) is 11.0. The summed E-state index contributed by atoms with van der Waals surface area (Å²) in [6.45, 7) is 0.639. The molecule has 2 amide bonds. The van der Waals surface area contributed by atoms with Gasteiger partial charge in [-0.2, -0.15) is 0 Å². The highest BCUT2D eigenvalue weighted by atomic mass is 35.5. The Morgan fingerprint density at radius 1 is 0.970 bits per heavy atom. The molecule has 0 fully saturated rings. The predicted octanol–water partition coefficient (Wildman–Crippen LogP) is 4.24. The van der Waals surface area contributed by atoms with Gasteiger partial charge >= 0.3 is 0 Å². The second-order valence-electron chi connectivity index (χ2n) is 7.81. The number of nitrogens with zero attached hydrogens (tertiary/aromatic N) is 1. The molecule has 0 aliphatic carbocycles. The van der Waals surface area contributed by atoms with Gasteiger partial charge in [-0.25, -0.2) is 0 Å². The van der Waals surface area contributed by atoms with Gasteiger partial charge in [-0.3, -0.25) is 9.59 Å². The molecule has 0 saturated carbocycles. The van der Waals surface area contributed by atoms with Crippen molar-refractivity contribution in [3.05, 3.63) is 94.0 Å². The van der Waals surface area contributed by atoms with Crippen LogP contribution in [0, 0.1) is 0 Å². The smallest absolute Gasteiger partial charge is 0.256 e. The lowest BCUT2D eigenvalue weighted by atomic mass is 9.92. The normalized spacial score (nSPS) is 14.9. The summed E-state index contributed by atoms with van der Waals surface area (Å²) in [4.78, 5) is 28.3. The van der Waals surface area contributed by atoms with Crippen LogP contribution in [0.15, 0.2) is 66.7 Å². The third-order valence-electron chi connectivity index (χ3n) is 5.83. The van der Waals surface area contributed by atoms with Gasteiger partial charge in [0.1, 0.15) is 6.04 Å². The van der Waals surface area contributed by atoms with Crippen LogP contribution < -0.4 is 14.8 Å². The van der Waals surface area contributed by atoms with Gasteiger partial charge in [0.25, 0.3) is 5.91 Å². The SMILES string of the molecule is COc1ccc(CNC(=O)C2Cc3ccccc3CN2C(=O)c2ccccc2Cl)cc1OC. The van der Waals surface area contributed by atoms with E-state index in [1.165, 1.54) is 0 Å². The molecule has 1 N–H and O–H groups in total. The molecule has 170 valence electrons. The first-order valence-electron chi connectivity index (χ1n) is 10.6. The second kappa shape index (κ2) is 9.96. The van der Waals surface area contributed by atoms with E-state index in [9.17, 15) is 9.59 Å². The number of fused-ring (bicyclic) bond motifs is 1. The quantitative estimate of drug-likeness (QED) is 0.592. The monoisotopic (exact) mass is 464 g/mol. The summed E-state index contributed by atoms with van der Waals surface area (Å²) < 4.78 is 10.6. The van der Waals surface area contributed by atoms with Gasteiger partial charge in [-0.1, -0.05) is 54.1 Å². The lowest BCUT2D eigenvalue weighted by molar-refractivity contribution is -0.126. The number of ether oxygens (including phenoxy) is 2. The van der Waals surface area contributed by atoms with Crippen LogP contribution in [0.3, 0.4) is 0 Å². The summed E-state index contributed by atoms with van der Waals surface area (Å²) in [5.41, 5.74) is 3.34. The van der Waals surface area contributed by atoms with Crippen LogP contribution >= 0.6 is 11.6 Å². The van der Waals surface area contributed by atoms with E-state index < -0.39 is 6.04 Å². The minimum atomic E-state index is -0.649. The highest BCUT2D eigenvalue weighted by Crippen LogP contribution is 2.29. The highest BCUT2D eigenvalue weighted by Gasteiger charge is 2.35. The molecule has 1 aliphatic rings. The van der Waals surface area contributed by atoms with E-state index in [1.807, 2.05) is 36.4 Å². The molecular weight excluding hydrogens is 440 g/mol. The third kappa shape index (κ3) is 4.81. The second-order valence-corrected chi connectivity index (χ2v) is 8.22. The number of methoxy groups -OCH3 is 2.